The van der Waals surface area contributed by atoms with Crippen molar-refractivity contribution in [3.63, 3.8) is 0 Å². The van der Waals surface area contributed by atoms with E-state index in [1.807, 2.05) is 0 Å². The van der Waals surface area contributed by atoms with Gasteiger partial charge in [-0.2, -0.15) is 0 Å². The first-order chi connectivity index (χ1) is 9.02. The van der Waals surface area contributed by atoms with Crippen molar-refractivity contribution in [1.29, 1.82) is 0 Å². The van der Waals surface area contributed by atoms with Crippen LogP contribution in [0.2, 0.25) is 0 Å². The van der Waals surface area contributed by atoms with Gasteiger partial charge in [-0.15, -0.1) is 11.6 Å². The lowest BCUT2D eigenvalue weighted by atomic mass is 10.3. The zero-order valence-corrected chi connectivity index (χ0v) is 11.9. The van der Waals surface area contributed by atoms with Crippen molar-refractivity contribution in [1.82, 2.24) is 9.55 Å². The van der Waals surface area contributed by atoms with E-state index in [0.29, 0.717) is 35.9 Å². The van der Waals surface area contributed by atoms with Crippen LogP contribution in [0, 0.1) is 11.6 Å². The van der Waals surface area contributed by atoms with Crippen molar-refractivity contribution >= 4 is 33.4 Å². The van der Waals surface area contributed by atoms with Gasteiger partial charge in [-0.3, -0.25) is 4.21 Å². The summed E-state index contributed by atoms with van der Waals surface area (Å²) in [6, 6.07) is 2.05. The summed E-state index contributed by atoms with van der Waals surface area (Å²) in [5.74, 6) is -0.0232. The molecule has 104 valence electrons. The molecule has 19 heavy (non-hydrogen) atoms. The molecule has 2 aromatic rings. The second kappa shape index (κ2) is 5.96. The van der Waals surface area contributed by atoms with E-state index in [9.17, 15) is 13.0 Å². The average Bonchev–Trinajstić information content (AvgIpc) is 2.65. The summed E-state index contributed by atoms with van der Waals surface area (Å²) < 4.78 is 39.8. The fourth-order valence-electron chi connectivity index (χ4n) is 1.94. The number of nitrogens with zero attached hydrogens (tertiary/aromatic N) is 2. The number of aryl methyl sites for hydroxylation is 2. The summed E-state index contributed by atoms with van der Waals surface area (Å²) >= 11 is 5.69. The van der Waals surface area contributed by atoms with Crippen LogP contribution in [-0.2, 0) is 23.8 Å². The van der Waals surface area contributed by atoms with Gasteiger partial charge in [-0.25, -0.2) is 13.8 Å². The molecule has 1 aromatic carbocycles. The van der Waals surface area contributed by atoms with Gasteiger partial charge >= 0.3 is 0 Å². The Balaban J connectivity index is 2.55. The van der Waals surface area contributed by atoms with Gasteiger partial charge < -0.3 is 4.57 Å². The maximum Gasteiger partial charge on any atom is 0.153 e. The number of hydrogen-bond donors (Lipinski definition) is 0. The molecule has 1 heterocycles. The second-order valence-corrected chi connectivity index (χ2v) is 6.08. The van der Waals surface area contributed by atoms with Gasteiger partial charge in [-0.05, 0) is 6.07 Å². The quantitative estimate of drug-likeness (QED) is 0.796. The maximum atomic E-state index is 13.7. The molecule has 0 N–H and O–H groups in total. The van der Waals surface area contributed by atoms with E-state index in [4.69, 9.17) is 11.6 Å². The lowest BCUT2D eigenvalue weighted by Gasteiger charge is -2.07. The van der Waals surface area contributed by atoms with E-state index >= 15 is 0 Å². The zero-order valence-electron chi connectivity index (χ0n) is 10.3. The minimum absolute atomic E-state index is 0.128. The molecule has 0 aliphatic carbocycles. The normalized spacial score (nSPS) is 13.1. The van der Waals surface area contributed by atoms with Crippen LogP contribution in [0.4, 0.5) is 8.78 Å². The van der Waals surface area contributed by atoms with E-state index < -0.39 is 22.4 Å². The Morgan fingerprint density at radius 2 is 2.16 bits per heavy atom. The first kappa shape index (κ1) is 14.4. The molecule has 1 aromatic heterocycles. The number of rotatable bonds is 5. The molecule has 3 nitrogen and oxygen atoms in total. The highest BCUT2D eigenvalue weighted by atomic mass is 35.5. The molecule has 0 saturated heterocycles. The molecule has 0 saturated carbocycles. The van der Waals surface area contributed by atoms with Gasteiger partial charge in [0.15, 0.2) is 5.82 Å². The third-order valence-electron chi connectivity index (χ3n) is 2.77. The number of fused-ring (bicyclic) bond motifs is 1. The highest BCUT2D eigenvalue weighted by Crippen LogP contribution is 2.21. The molecule has 1 unspecified atom stereocenters. The third kappa shape index (κ3) is 3.12. The number of hydrogen-bond acceptors (Lipinski definition) is 2. The maximum absolute atomic E-state index is 13.7. The van der Waals surface area contributed by atoms with Crippen molar-refractivity contribution in [3.8, 4) is 0 Å². The molecule has 0 spiro atoms. The number of halogens is 3. The van der Waals surface area contributed by atoms with Crippen LogP contribution in [0.3, 0.4) is 0 Å². The van der Waals surface area contributed by atoms with Crippen molar-refractivity contribution < 1.29 is 13.0 Å². The smallest absolute Gasteiger partial charge is 0.153 e. The Bertz CT molecular complexity index is 630. The van der Waals surface area contributed by atoms with Crippen LogP contribution in [0.5, 0.6) is 0 Å². The molecule has 0 radical (unpaired) electrons. The summed E-state index contributed by atoms with van der Waals surface area (Å²) in [4.78, 5) is 4.16. The lowest BCUT2D eigenvalue weighted by molar-refractivity contribution is 0.590. The van der Waals surface area contributed by atoms with E-state index in [0.717, 1.165) is 6.07 Å². The van der Waals surface area contributed by atoms with E-state index in [1.54, 1.807) is 10.8 Å². The van der Waals surface area contributed by atoms with Gasteiger partial charge in [0.2, 0.25) is 0 Å². The fourth-order valence-corrected chi connectivity index (χ4v) is 2.55. The summed E-state index contributed by atoms with van der Waals surface area (Å²) in [5, 5.41) is 0. The van der Waals surface area contributed by atoms with Crippen LogP contribution in [-0.4, -0.2) is 31.6 Å². The largest absolute Gasteiger partial charge is 0.327 e. The van der Waals surface area contributed by atoms with Crippen LogP contribution in [0.15, 0.2) is 12.1 Å². The second-order valence-electron chi connectivity index (χ2n) is 4.15. The molecule has 0 bridgehead atoms. The van der Waals surface area contributed by atoms with Crippen molar-refractivity contribution in [2.24, 2.45) is 0 Å². The van der Waals surface area contributed by atoms with Gasteiger partial charge in [-0.1, -0.05) is 0 Å². The zero-order chi connectivity index (χ0) is 14.0. The molecule has 2 rings (SSSR count). The highest BCUT2D eigenvalue weighted by Gasteiger charge is 2.15. The number of imidazole rings is 1. The predicted octanol–water partition coefficient (Wildman–Crippen LogP) is 2.47. The van der Waals surface area contributed by atoms with Crippen molar-refractivity contribution in [2.45, 2.75) is 13.0 Å². The molecule has 7 heteroatoms. The molecule has 0 aliphatic heterocycles. The predicted molar refractivity (Wildman–Crippen MR) is 73.0 cm³/mol. The number of alkyl halides is 1. The Morgan fingerprint density at radius 3 is 2.79 bits per heavy atom. The van der Waals surface area contributed by atoms with E-state index in [1.165, 1.54) is 6.07 Å². The summed E-state index contributed by atoms with van der Waals surface area (Å²) in [7, 11) is -0.985. The van der Waals surface area contributed by atoms with Gasteiger partial charge in [0, 0.05) is 47.7 Å². The molecule has 0 fully saturated rings. The standard InChI is InChI=1S/C12H13ClF2N2OS/c1-19(18)5-4-17-10-7-8(14)6-9(15)12(10)16-11(17)2-3-13/h6-7H,2-5H2,1H3. The van der Waals surface area contributed by atoms with Crippen LogP contribution in [0.1, 0.15) is 5.82 Å². The van der Waals surface area contributed by atoms with Crippen molar-refractivity contribution in [2.75, 3.05) is 17.9 Å². The monoisotopic (exact) mass is 306 g/mol. The Hall–Kier alpha value is -1.01. The van der Waals surface area contributed by atoms with Crippen LogP contribution < -0.4 is 0 Å². The molecule has 0 aliphatic rings. The van der Waals surface area contributed by atoms with E-state index in [2.05, 4.69) is 4.98 Å². The number of aromatic nitrogens is 2. The van der Waals surface area contributed by atoms with E-state index in [-0.39, 0.29) is 5.52 Å². The minimum atomic E-state index is -0.985. The minimum Gasteiger partial charge on any atom is -0.327 e. The first-order valence-electron chi connectivity index (χ1n) is 5.73. The van der Waals surface area contributed by atoms with Crippen LogP contribution in [0.25, 0.3) is 11.0 Å². The Kier molecular flexibility index (Phi) is 4.52. The fraction of sp³-hybridized carbons (Fsp3) is 0.417. The van der Waals surface area contributed by atoms with Gasteiger partial charge in [0.25, 0.3) is 0 Å². The SMILES string of the molecule is CS(=O)CCn1c(CCCl)nc2c(F)cc(F)cc21. The topological polar surface area (TPSA) is 34.9 Å². The Morgan fingerprint density at radius 1 is 1.42 bits per heavy atom. The first-order valence-corrected chi connectivity index (χ1v) is 7.99. The summed E-state index contributed by atoms with van der Waals surface area (Å²) in [5.41, 5.74) is 0.506. The molecular weight excluding hydrogens is 294 g/mol. The summed E-state index contributed by atoms with van der Waals surface area (Å²) in [6.07, 6.45) is 2.04. The van der Waals surface area contributed by atoms with Gasteiger partial charge in [0.05, 0.1) is 5.52 Å². The van der Waals surface area contributed by atoms with Gasteiger partial charge in [0.1, 0.15) is 17.2 Å². The molecule has 0 amide bonds. The highest BCUT2D eigenvalue weighted by molar-refractivity contribution is 7.84. The summed E-state index contributed by atoms with van der Waals surface area (Å²) in [6.45, 7) is 0.398. The van der Waals surface area contributed by atoms with Crippen molar-refractivity contribution in [3.05, 3.63) is 29.6 Å². The third-order valence-corrected chi connectivity index (χ3v) is 3.72. The lowest BCUT2D eigenvalue weighted by Crippen LogP contribution is -2.10. The average molecular weight is 307 g/mol. The Labute approximate surface area is 117 Å². The molecular formula is C12H13ClF2N2OS. The van der Waals surface area contributed by atoms with Crippen LogP contribution >= 0.6 is 11.6 Å². The number of benzene rings is 1. The molecule has 1 atom stereocenters.